The van der Waals surface area contributed by atoms with Crippen molar-refractivity contribution in [3.63, 3.8) is 0 Å². The summed E-state index contributed by atoms with van der Waals surface area (Å²) in [6.45, 7) is 1.59. The van der Waals surface area contributed by atoms with Crippen molar-refractivity contribution in [1.29, 1.82) is 0 Å². The Bertz CT molecular complexity index is 1260. The van der Waals surface area contributed by atoms with E-state index in [2.05, 4.69) is 15.7 Å². The van der Waals surface area contributed by atoms with E-state index in [1.54, 1.807) is 18.3 Å². The average molecular weight is 542 g/mol. The Hall–Kier alpha value is -3.73. The van der Waals surface area contributed by atoms with E-state index >= 15 is 0 Å². The number of aromatic nitrogens is 1. The molecule has 1 atom stereocenters. The molecule has 0 spiro atoms. The van der Waals surface area contributed by atoms with Crippen LogP contribution in [-0.4, -0.2) is 59.8 Å². The third kappa shape index (κ3) is 8.41. The number of ether oxygens (including phenoxy) is 1. The number of benzene rings is 2. The van der Waals surface area contributed by atoms with Gasteiger partial charge in [-0.2, -0.15) is 0 Å². The molecule has 10 nitrogen and oxygen atoms in total. The molecule has 2 aromatic carbocycles. The summed E-state index contributed by atoms with van der Waals surface area (Å²) in [6.07, 6.45) is 1.98. The number of pyridine rings is 1. The molecule has 0 radical (unpaired) electrons. The smallest absolute Gasteiger partial charge is 0.412 e. The van der Waals surface area contributed by atoms with Crippen LogP contribution in [0.15, 0.2) is 60.8 Å². The van der Waals surface area contributed by atoms with Gasteiger partial charge in [0.15, 0.2) is 0 Å². The molecule has 0 fully saturated rings. The van der Waals surface area contributed by atoms with Gasteiger partial charge in [0, 0.05) is 43.5 Å². The van der Waals surface area contributed by atoms with Crippen molar-refractivity contribution >= 4 is 46.1 Å². The van der Waals surface area contributed by atoms with E-state index in [0.717, 1.165) is 21.4 Å². The first kappa shape index (κ1) is 28.8. The summed E-state index contributed by atoms with van der Waals surface area (Å²) < 4.78 is 5.48. The lowest BCUT2D eigenvalue weighted by Crippen LogP contribution is -2.50. The van der Waals surface area contributed by atoms with Gasteiger partial charge in [-0.3, -0.25) is 24.8 Å². The molecule has 1 heterocycles. The number of halogens is 1. The molecule has 3 rings (SSSR count). The van der Waals surface area contributed by atoms with Gasteiger partial charge in [-0.1, -0.05) is 54.1 Å². The van der Waals surface area contributed by atoms with Crippen molar-refractivity contribution in [2.75, 3.05) is 26.1 Å². The van der Waals surface area contributed by atoms with E-state index in [9.17, 15) is 14.4 Å². The molecule has 0 bridgehead atoms. The lowest BCUT2D eigenvalue weighted by atomic mass is 10.1. The molecule has 0 unspecified atom stereocenters. The Morgan fingerprint density at radius 1 is 1.08 bits per heavy atom. The lowest BCUT2D eigenvalue weighted by molar-refractivity contribution is -0.168. The minimum absolute atomic E-state index is 0.108. The van der Waals surface area contributed by atoms with Gasteiger partial charge >= 0.3 is 6.09 Å². The van der Waals surface area contributed by atoms with Crippen molar-refractivity contribution in [3.8, 4) is 0 Å². The van der Waals surface area contributed by atoms with Crippen LogP contribution in [0.2, 0.25) is 5.02 Å². The van der Waals surface area contributed by atoms with Crippen LogP contribution in [-0.2, 0) is 25.7 Å². The molecule has 11 heteroatoms. The molecule has 2 N–H and O–H groups in total. The monoisotopic (exact) mass is 541 g/mol. The van der Waals surface area contributed by atoms with E-state index in [1.807, 2.05) is 42.5 Å². The minimum Gasteiger partial charge on any atom is -0.447 e. The molecular formula is C27H32ClN5O5. The molecule has 3 aromatic rings. The van der Waals surface area contributed by atoms with Gasteiger partial charge < -0.3 is 4.74 Å². The first-order chi connectivity index (χ1) is 18.3. The third-order valence-electron chi connectivity index (χ3n) is 5.92. The van der Waals surface area contributed by atoms with Crippen LogP contribution in [0.5, 0.6) is 0 Å². The predicted molar refractivity (Wildman–Crippen MR) is 145 cm³/mol. The van der Waals surface area contributed by atoms with E-state index in [4.69, 9.17) is 21.2 Å². The standard InChI is InChI=1S/C27H32ClN5O5/c1-19(34)33(30-17-22-11-6-7-13-24(22)28)23(12-8-14-26(35)32(2)37-3)18-38-27(36)31-25-15-20-9-4-5-10-21(20)16-29-25/h4-7,9-11,13,15-16,23,30H,8,12,14,17-18H2,1-3H3,(H,29,31,36)/t23-/m0/s1. The van der Waals surface area contributed by atoms with Crippen molar-refractivity contribution in [2.45, 2.75) is 38.8 Å². The first-order valence-electron chi connectivity index (χ1n) is 12.1. The van der Waals surface area contributed by atoms with Crippen LogP contribution >= 0.6 is 11.6 Å². The maximum atomic E-state index is 12.6. The van der Waals surface area contributed by atoms with Gasteiger partial charge in [0.05, 0.1) is 13.2 Å². The number of nitrogens with one attached hydrogen (secondary N) is 2. The van der Waals surface area contributed by atoms with E-state index in [1.165, 1.54) is 26.1 Å². The highest BCUT2D eigenvalue weighted by molar-refractivity contribution is 6.31. The number of hydroxylamine groups is 2. The van der Waals surface area contributed by atoms with Crippen LogP contribution in [0.25, 0.3) is 10.8 Å². The zero-order valence-corrected chi connectivity index (χ0v) is 22.4. The molecule has 1 aromatic heterocycles. The lowest BCUT2D eigenvalue weighted by Gasteiger charge is -2.31. The summed E-state index contributed by atoms with van der Waals surface area (Å²) in [7, 11) is 2.94. The summed E-state index contributed by atoms with van der Waals surface area (Å²) >= 11 is 6.26. The molecule has 0 aliphatic carbocycles. The molecule has 0 aliphatic rings. The normalized spacial score (nSPS) is 11.6. The molecule has 38 heavy (non-hydrogen) atoms. The summed E-state index contributed by atoms with van der Waals surface area (Å²) in [5.41, 5.74) is 3.90. The molecular weight excluding hydrogens is 510 g/mol. The fourth-order valence-corrected chi connectivity index (χ4v) is 4.01. The fourth-order valence-electron chi connectivity index (χ4n) is 3.81. The maximum absolute atomic E-state index is 12.6. The zero-order chi connectivity index (χ0) is 27.5. The van der Waals surface area contributed by atoms with Gasteiger partial charge in [-0.05, 0) is 35.9 Å². The highest BCUT2D eigenvalue weighted by Crippen LogP contribution is 2.18. The van der Waals surface area contributed by atoms with Gasteiger partial charge in [0.25, 0.3) is 0 Å². The SMILES string of the molecule is CON(C)C(=O)CCC[C@@H](COC(=O)Nc1cc2ccccc2cn1)N(NCc1ccccc1Cl)C(C)=O. The number of nitrogens with zero attached hydrogens (tertiary/aromatic N) is 3. The Kier molecular flexibility index (Phi) is 10.8. The summed E-state index contributed by atoms with van der Waals surface area (Å²) in [6, 6.07) is 16.1. The van der Waals surface area contributed by atoms with Gasteiger partial charge in [0.1, 0.15) is 12.4 Å². The second kappa shape index (κ2) is 14.3. The third-order valence-corrected chi connectivity index (χ3v) is 6.29. The van der Waals surface area contributed by atoms with Crippen LogP contribution in [0.1, 0.15) is 31.7 Å². The van der Waals surface area contributed by atoms with E-state index in [0.29, 0.717) is 23.7 Å². The second-order valence-corrected chi connectivity index (χ2v) is 8.98. The molecule has 3 amide bonds. The van der Waals surface area contributed by atoms with Gasteiger partial charge in [-0.25, -0.2) is 20.3 Å². The van der Waals surface area contributed by atoms with E-state index < -0.39 is 12.1 Å². The van der Waals surface area contributed by atoms with Crippen molar-refractivity contribution in [2.24, 2.45) is 0 Å². The van der Waals surface area contributed by atoms with Gasteiger partial charge in [0.2, 0.25) is 11.8 Å². The van der Waals surface area contributed by atoms with E-state index in [-0.39, 0.29) is 31.4 Å². The summed E-state index contributed by atoms with van der Waals surface area (Å²) in [4.78, 5) is 46.5. The number of rotatable bonds is 12. The quantitative estimate of drug-likeness (QED) is 0.323. The molecule has 202 valence electrons. The Balaban J connectivity index is 1.66. The number of anilines is 1. The first-order valence-corrected chi connectivity index (χ1v) is 12.5. The number of hydrogen-bond donors (Lipinski definition) is 2. The van der Waals surface area contributed by atoms with Crippen LogP contribution < -0.4 is 10.7 Å². The Labute approximate surface area is 226 Å². The van der Waals surface area contributed by atoms with Crippen LogP contribution in [0, 0.1) is 0 Å². The largest absolute Gasteiger partial charge is 0.447 e. The van der Waals surface area contributed by atoms with Crippen LogP contribution in [0.4, 0.5) is 10.6 Å². The molecule has 0 saturated heterocycles. The van der Waals surface area contributed by atoms with Crippen molar-refractivity contribution in [1.82, 2.24) is 20.5 Å². The Morgan fingerprint density at radius 2 is 1.79 bits per heavy atom. The summed E-state index contributed by atoms with van der Waals surface area (Å²) in [5.74, 6) is -0.132. The second-order valence-electron chi connectivity index (χ2n) is 8.58. The highest BCUT2D eigenvalue weighted by atomic mass is 35.5. The number of hydrogen-bond acceptors (Lipinski definition) is 7. The number of fused-ring (bicyclic) bond motifs is 1. The van der Waals surface area contributed by atoms with Crippen molar-refractivity contribution < 1.29 is 24.0 Å². The van der Waals surface area contributed by atoms with Crippen LogP contribution in [0.3, 0.4) is 0 Å². The molecule has 0 aliphatic heterocycles. The number of carbonyl (C=O) groups excluding carboxylic acids is 3. The highest BCUT2D eigenvalue weighted by Gasteiger charge is 2.24. The minimum atomic E-state index is -0.706. The van der Waals surface area contributed by atoms with Crippen molar-refractivity contribution in [3.05, 3.63) is 71.4 Å². The van der Waals surface area contributed by atoms with Gasteiger partial charge in [-0.15, -0.1) is 0 Å². The molecule has 0 saturated carbocycles. The topological polar surface area (TPSA) is 113 Å². The maximum Gasteiger partial charge on any atom is 0.412 e. The predicted octanol–water partition coefficient (Wildman–Crippen LogP) is 4.55. The zero-order valence-electron chi connectivity index (χ0n) is 21.6. The summed E-state index contributed by atoms with van der Waals surface area (Å²) in [5, 5.41) is 7.62. The Morgan fingerprint density at radius 3 is 2.50 bits per heavy atom. The average Bonchev–Trinajstić information content (AvgIpc) is 2.91. The fraction of sp³-hybridized carbons (Fsp3) is 0.333. The number of carbonyl (C=O) groups is 3. The number of amides is 3. The number of hydrazine groups is 1.